The number of hydrogen-bond acceptors (Lipinski definition) is 6. The number of nitrogens with one attached hydrogen (secondary N) is 1. The number of methoxy groups -OCH3 is 2. The highest BCUT2D eigenvalue weighted by atomic mass is 32.2. The summed E-state index contributed by atoms with van der Waals surface area (Å²) in [5.74, 6) is 1.66. The molecular formula is C25H34N2O6S. The topological polar surface area (TPSA) is 94.2 Å². The van der Waals surface area contributed by atoms with E-state index >= 15 is 0 Å². The van der Waals surface area contributed by atoms with Crippen LogP contribution in [-0.2, 0) is 21.2 Å². The van der Waals surface area contributed by atoms with Crippen LogP contribution in [0.5, 0.6) is 17.2 Å². The summed E-state index contributed by atoms with van der Waals surface area (Å²) in [6.07, 6.45) is 3.36. The Labute approximate surface area is 202 Å². The molecular weight excluding hydrogens is 456 g/mol. The number of rotatable bonds is 11. The summed E-state index contributed by atoms with van der Waals surface area (Å²) >= 11 is 0. The van der Waals surface area contributed by atoms with Gasteiger partial charge in [-0.15, -0.1) is 0 Å². The number of carbonyl (C=O) groups is 1. The van der Waals surface area contributed by atoms with Gasteiger partial charge in [-0.05, 0) is 62.1 Å². The SMILES string of the molecule is COc1ccc(S(=O)(=O)N2CCCCC2)cc1CCC(=O)N[C@@H](C)COc1ccccc1OC. The van der Waals surface area contributed by atoms with Crippen LogP contribution in [0.4, 0.5) is 0 Å². The van der Waals surface area contributed by atoms with Crippen LogP contribution in [0.1, 0.15) is 38.2 Å². The van der Waals surface area contributed by atoms with Crippen molar-refractivity contribution in [3.8, 4) is 17.2 Å². The standard InChI is InChI=1S/C25H34N2O6S/c1-19(18-33-24-10-6-5-9-23(24)32-3)26-25(28)14-11-20-17-21(12-13-22(20)31-2)34(29,30)27-15-7-4-8-16-27/h5-6,9-10,12-13,17,19H,4,7-8,11,14-16,18H2,1-3H3,(H,26,28)/t19-/m0/s1. The predicted molar refractivity (Wildman–Crippen MR) is 130 cm³/mol. The lowest BCUT2D eigenvalue weighted by Crippen LogP contribution is -2.37. The molecule has 1 heterocycles. The largest absolute Gasteiger partial charge is 0.496 e. The van der Waals surface area contributed by atoms with Crippen LogP contribution in [0.15, 0.2) is 47.4 Å². The van der Waals surface area contributed by atoms with Crippen molar-refractivity contribution in [2.75, 3.05) is 33.9 Å². The highest BCUT2D eigenvalue weighted by molar-refractivity contribution is 7.89. The summed E-state index contributed by atoms with van der Waals surface area (Å²) in [5, 5.41) is 2.92. The number of benzene rings is 2. The molecule has 0 radical (unpaired) electrons. The van der Waals surface area contributed by atoms with Gasteiger partial charge in [0.15, 0.2) is 11.5 Å². The molecule has 0 aromatic heterocycles. The second-order valence-corrected chi connectivity index (χ2v) is 10.3. The monoisotopic (exact) mass is 490 g/mol. The van der Waals surface area contributed by atoms with E-state index in [-0.39, 0.29) is 23.3 Å². The van der Waals surface area contributed by atoms with Crippen molar-refractivity contribution >= 4 is 15.9 Å². The van der Waals surface area contributed by atoms with E-state index in [0.717, 1.165) is 19.3 Å². The third kappa shape index (κ3) is 6.64. The van der Waals surface area contributed by atoms with Crippen molar-refractivity contribution in [2.24, 2.45) is 0 Å². The normalized spacial score (nSPS) is 15.4. The molecule has 0 unspecified atom stereocenters. The Bertz CT molecular complexity index is 1070. The molecule has 1 N–H and O–H groups in total. The molecule has 1 amide bonds. The van der Waals surface area contributed by atoms with Crippen LogP contribution < -0.4 is 19.5 Å². The molecule has 2 aromatic carbocycles. The Balaban J connectivity index is 1.58. The minimum absolute atomic E-state index is 0.150. The minimum atomic E-state index is -3.56. The molecule has 1 atom stereocenters. The van der Waals surface area contributed by atoms with Crippen molar-refractivity contribution in [1.82, 2.24) is 9.62 Å². The number of sulfonamides is 1. The van der Waals surface area contributed by atoms with Crippen LogP contribution in [0.3, 0.4) is 0 Å². The molecule has 9 heteroatoms. The predicted octanol–water partition coefficient (Wildman–Crippen LogP) is 3.39. The van der Waals surface area contributed by atoms with Gasteiger partial charge in [-0.25, -0.2) is 8.42 Å². The molecule has 1 fully saturated rings. The second-order valence-electron chi connectivity index (χ2n) is 8.37. The lowest BCUT2D eigenvalue weighted by molar-refractivity contribution is -0.121. The van der Waals surface area contributed by atoms with Gasteiger partial charge in [-0.1, -0.05) is 18.6 Å². The summed E-state index contributed by atoms with van der Waals surface area (Å²) in [4.78, 5) is 12.8. The molecule has 1 saturated heterocycles. The van der Waals surface area contributed by atoms with Crippen LogP contribution in [-0.4, -0.2) is 58.6 Å². The second kappa shape index (κ2) is 12.1. The van der Waals surface area contributed by atoms with E-state index in [4.69, 9.17) is 14.2 Å². The van der Waals surface area contributed by atoms with Gasteiger partial charge >= 0.3 is 0 Å². The number of piperidine rings is 1. The van der Waals surface area contributed by atoms with E-state index in [1.165, 1.54) is 11.4 Å². The number of aryl methyl sites for hydroxylation is 1. The van der Waals surface area contributed by atoms with Crippen LogP contribution in [0, 0.1) is 0 Å². The molecule has 0 saturated carbocycles. The number of amides is 1. The molecule has 3 rings (SSSR count). The summed E-state index contributed by atoms with van der Waals surface area (Å²) < 4.78 is 44.1. The third-order valence-corrected chi connectivity index (χ3v) is 7.69. The van der Waals surface area contributed by atoms with Crippen molar-refractivity contribution in [3.63, 3.8) is 0 Å². The zero-order chi connectivity index (χ0) is 24.6. The van der Waals surface area contributed by atoms with Crippen LogP contribution >= 0.6 is 0 Å². The average Bonchev–Trinajstić information content (AvgIpc) is 2.86. The Morgan fingerprint density at radius 3 is 2.35 bits per heavy atom. The van der Waals surface area contributed by atoms with Crippen molar-refractivity contribution in [2.45, 2.75) is 50.0 Å². The highest BCUT2D eigenvalue weighted by Gasteiger charge is 2.26. The number of nitrogens with zero attached hydrogens (tertiary/aromatic N) is 1. The van der Waals surface area contributed by atoms with Gasteiger partial charge < -0.3 is 19.5 Å². The molecule has 0 aliphatic carbocycles. The molecule has 2 aromatic rings. The smallest absolute Gasteiger partial charge is 0.243 e. The zero-order valence-corrected chi connectivity index (χ0v) is 20.9. The summed E-state index contributed by atoms with van der Waals surface area (Å²) in [6, 6.07) is 12.0. The first kappa shape index (κ1) is 25.8. The van der Waals surface area contributed by atoms with Gasteiger partial charge in [-0.2, -0.15) is 4.31 Å². The maximum Gasteiger partial charge on any atom is 0.243 e. The molecule has 0 bridgehead atoms. The van der Waals surface area contributed by atoms with Crippen molar-refractivity contribution < 1.29 is 27.4 Å². The fraction of sp³-hybridized carbons (Fsp3) is 0.480. The fourth-order valence-electron chi connectivity index (χ4n) is 3.95. The van der Waals surface area contributed by atoms with E-state index in [1.54, 1.807) is 25.3 Å². The number of hydrogen-bond donors (Lipinski definition) is 1. The fourth-order valence-corrected chi connectivity index (χ4v) is 5.52. The lowest BCUT2D eigenvalue weighted by Gasteiger charge is -2.26. The quantitative estimate of drug-likeness (QED) is 0.519. The van der Waals surface area contributed by atoms with Crippen molar-refractivity contribution in [3.05, 3.63) is 48.0 Å². The van der Waals surface area contributed by atoms with Crippen LogP contribution in [0.2, 0.25) is 0 Å². The Morgan fingerprint density at radius 1 is 1.00 bits per heavy atom. The molecule has 186 valence electrons. The van der Waals surface area contributed by atoms with Gasteiger partial charge in [0, 0.05) is 19.5 Å². The van der Waals surface area contributed by atoms with Gasteiger partial charge in [0.25, 0.3) is 0 Å². The van der Waals surface area contributed by atoms with E-state index < -0.39 is 10.0 Å². The maximum atomic E-state index is 13.0. The van der Waals surface area contributed by atoms with Crippen LogP contribution in [0.25, 0.3) is 0 Å². The molecule has 1 aliphatic rings. The Morgan fingerprint density at radius 2 is 1.68 bits per heavy atom. The lowest BCUT2D eigenvalue weighted by atomic mass is 10.1. The van der Waals surface area contributed by atoms with Gasteiger partial charge in [-0.3, -0.25) is 4.79 Å². The number of carbonyl (C=O) groups excluding carboxylic acids is 1. The van der Waals surface area contributed by atoms with E-state index in [2.05, 4.69) is 5.32 Å². The Hall–Kier alpha value is -2.78. The van der Waals surface area contributed by atoms with E-state index in [0.29, 0.717) is 48.9 Å². The van der Waals surface area contributed by atoms with Crippen molar-refractivity contribution in [1.29, 1.82) is 0 Å². The maximum absolute atomic E-state index is 13.0. The first-order valence-corrected chi connectivity index (χ1v) is 13.0. The van der Waals surface area contributed by atoms with Gasteiger partial charge in [0.05, 0.1) is 25.2 Å². The summed E-state index contributed by atoms with van der Waals surface area (Å²) in [6.45, 7) is 3.24. The van der Waals surface area contributed by atoms with E-state index in [9.17, 15) is 13.2 Å². The van der Waals surface area contributed by atoms with Gasteiger partial charge in [0.2, 0.25) is 15.9 Å². The summed E-state index contributed by atoms with van der Waals surface area (Å²) in [5.41, 5.74) is 0.689. The molecule has 34 heavy (non-hydrogen) atoms. The zero-order valence-electron chi connectivity index (χ0n) is 20.1. The number of ether oxygens (including phenoxy) is 3. The van der Waals surface area contributed by atoms with Gasteiger partial charge in [0.1, 0.15) is 12.4 Å². The van der Waals surface area contributed by atoms with E-state index in [1.807, 2.05) is 31.2 Å². The first-order valence-electron chi connectivity index (χ1n) is 11.6. The third-order valence-electron chi connectivity index (χ3n) is 5.79. The molecule has 1 aliphatic heterocycles. The first-order chi connectivity index (χ1) is 16.3. The minimum Gasteiger partial charge on any atom is -0.496 e. The highest BCUT2D eigenvalue weighted by Crippen LogP contribution is 2.28. The number of para-hydroxylation sites is 2. The molecule has 8 nitrogen and oxygen atoms in total. The summed E-state index contributed by atoms with van der Waals surface area (Å²) in [7, 11) is -0.442. The average molecular weight is 491 g/mol. The molecule has 0 spiro atoms. The Kier molecular flexibility index (Phi) is 9.18.